The number of hydrogen-bond donors (Lipinski definition) is 1. The van der Waals surface area contributed by atoms with E-state index in [1.54, 1.807) is 23.1 Å². The maximum atomic E-state index is 12.2. The maximum absolute atomic E-state index is 12.2. The Morgan fingerprint density at radius 2 is 1.95 bits per heavy atom. The van der Waals surface area contributed by atoms with E-state index in [9.17, 15) is 9.90 Å². The van der Waals surface area contributed by atoms with Gasteiger partial charge >= 0.3 is 6.09 Å². The van der Waals surface area contributed by atoms with Crippen molar-refractivity contribution in [2.75, 3.05) is 6.54 Å². The second-order valence-corrected chi connectivity index (χ2v) is 5.74. The van der Waals surface area contributed by atoms with Gasteiger partial charge in [0, 0.05) is 16.6 Å². The number of nitrogens with zero attached hydrogens (tertiary/aromatic N) is 1. The third-order valence-electron chi connectivity index (χ3n) is 3.25. The first-order valence-electron chi connectivity index (χ1n) is 7.03. The molecule has 1 amide bonds. The van der Waals surface area contributed by atoms with Gasteiger partial charge in [-0.15, -0.1) is 0 Å². The Balaban J connectivity index is 1.98. The molecule has 0 aliphatic rings. The Morgan fingerprint density at radius 1 is 1.23 bits per heavy atom. The van der Waals surface area contributed by atoms with Crippen LogP contribution in [0.3, 0.4) is 0 Å². The first-order chi connectivity index (χ1) is 10.6. The minimum Gasteiger partial charge on any atom is -0.508 e. The molecule has 4 nitrogen and oxygen atoms in total. The molecule has 0 aliphatic carbocycles. The number of phenols is 1. The lowest BCUT2D eigenvalue weighted by molar-refractivity contribution is 0.0954. The first kappa shape index (κ1) is 16.4. The molecule has 116 valence electrons. The summed E-state index contributed by atoms with van der Waals surface area (Å²) in [5.74, 6) is 0.164. The van der Waals surface area contributed by atoms with Gasteiger partial charge in [0.2, 0.25) is 0 Å². The lowest BCUT2D eigenvalue weighted by atomic mass is 10.2. The SMILES string of the molecule is CCN(Cc1cc(Br)ccc1O)C(=O)OCc1ccccc1. The highest BCUT2D eigenvalue weighted by Gasteiger charge is 2.15. The lowest BCUT2D eigenvalue weighted by Crippen LogP contribution is -2.30. The molecule has 0 saturated heterocycles. The Kier molecular flexibility index (Phi) is 5.83. The van der Waals surface area contributed by atoms with Crippen molar-refractivity contribution in [3.8, 4) is 5.75 Å². The summed E-state index contributed by atoms with van der Waals surface area (Å²) in [5.41, 5.74) is 1.62. The summed E-state index contributed by atoms with van der Waals surface area (Å²) < 4.78 is 6.17. The molecule has 2 aromatic rings. The van der Waals surface area contributed by atoms with Gasteiger partial charge in [-0.3, -0.25) is 0 Å². The van der Waals surface area contributed by atoms with Crippen molar-refractivity contribution < 1.29 is 14.6 Å². The van der Waals surface area contributed by atoms with Crippen LogP contribution in [0.1, 0.15) is 18.1 Å². The van der Waals surface area contributed by atoms with Crippen molar-refractivity contribution in [2.24, 2.45) is 0 Å². The molecule has 0 aromatic heterocycles. The van der Waals surface area contributed by atoms with Crippen LogP contribution in [-0.4, -0.2) is 22.6 Å². The summed E-state index contributed by atoms with van der Waals surface area (Å²) >= 11 is 3.36. The number of phenolic OH excluding ortho intramolecular Hbond substituents is 1. The van der Waals surface area contributed by atoms with Crippen molar-refractivity contribution >= 4 is 22.0 Å². The molecular weight excluding hydrogens is 346 g/mol. The zero-order valence-corrected chi connectivity index (χ0v) is 13.9. The molecular formula is C17H18BrNO3. The van der Waals surface area contributed by atoms with E-state index in [1.807, 2.05) is 37.3 Å². The molecule has 2 aromatic carbocycles. The number of aromatic hydroxyl groups is 1. The molecule has 2 rings (SSSR count). The highest BCUT2D eigenvalue weighted by molar-refractivity contribution is 9.10. The van der Waals surface area contributed by atoms with Gasteiger partial charge < -0.3 is 14.7 Å². The molecule has 22 heavy (non-hydrogen) atoms. The third-order valence-corrected chi connectivity index (χ3v) is 3.74. The Hall–Kier alpha value is -2.01. The lowest BCUT2D eigenvalue weighted by Gasteiger charge is -2.21. The van der Waals surface area contributed by atoms with Crippen LogP contribution in [-0.2, 0) is 17.9 Å². The van der Waals surface area contributed by atoms with Gasteiger partial charge in [-0.2, -0.15) is 0 Å². The van der Waals surface area contributed by atoms with Crippen LogP contribution in [0.2, 0.25) is 0 Å². The van der Waals surface area contributed by atoms with Gasteiger partial charge in [-0.25, -0.2) is 4.79 Å². The number of benzene rings is 2. The van der Waals surface area contributed by atoms with Crippen LogP contribution < -0.4 is 0 Å². The fourth-order valence-electron chi connectivity index (χ4n) is 2.00. The highest BCUT2D eigenvalue weighted by atomic mass is 79.9. The van der Waals surface area contributed by atoms with Crippen LogP contribution in [0, 0.1) is 0 Å². The monoisotopic (exact) mass is 363 g/mol. The van der Waals surface area contributed by atoms with Crippen molar-refractivity contribution in [3.63, 3.8) is 0 Å². The number of carbonyl (C=O) groups excluding carboxylic acids is 1. The predicted molar refractivity (Wildman–Crippen MR) is 88.5 cm³/mol. The first-order valence-corrected chi connectivity index (χ1v) is 7.82. The molecule has 1 N–H and O–H groups in total. The predicted octanol–water partition coefficient (Wildman–Crippen LogP) is 4.31. The normalized spacial score (nSPS) is 10.3. The minimum atomic E-state index is -0.397. The molecule has 0 radical (unpaired) electrons. The molecule has 5 heteroatoms. The van der Waals surface area contributed by atoms with Crippen molar-refractivity contribution in [3.05, 3.63) is 64.1 Å². The summed E-state index contributed by atoms with van der Waals surface area (Å²) in [7, 11) is 0. The van der Waals surface area contributed by atoms with Crippen molar-refractivity contribution in [2.45, 2.75) is 20.1 Å². The van der Waals surface area contributed by atoms with E-state index in [-0.39, 0.29) is 12.4 Å². The summed E-state index contributed by atoms with van der Waals surface area (Å²) in [6.07, 6.45) is -0.397. The molecule has 0 unspecified atom stereocenters. The summed E-state index contributed by atoms with van der Waals surface area (Å²) in [6.45, 7) is 2.91. The molecule has 0 bridgehead atoms. The standard InChI is InChI=1S/C17H18BrNO3/c1-2-19(11-14-10-15(18)8-9-16(14)20)17(21)22-12-13-6-4-3-5-7-13/h3-10,20H,2,11-12H2,1H3. The van der Waals surface area contributed by atoms with Crippen molar-refractivity contribution in [1.29, 1.82) is 0 Å². The van der Waals surface area contributed by atoms with Gasteiger partial charge in [0.05, 0.1) is 6.54 Å². The van der Waals surface area contributed by atoms with Crippen LogP contribution in [0.4, 0.5) is 4.79 Å². The Morgan fingerprint density at radius 3 is 2.64 bits per heavy atom. The summed E-state index contributed by atoms with van der Waals surface area (Å²) in [4.78, 5) is 13.7. The fourth-order valence-corrected chi connectivity index (χ4v) is 2.41. The second-order valence-electron chi connectivity index (χ2n) is 4.83. The van der Waals surface area contributed by atoms with Crippen LogP contribution >= 0.6 is 15.9 Å². The number of ether oxygens (including phenoxy) is 1. The van der Waals surface area contributed by atoms with E-state index in [2.05, 4.69) is 15.9 Å². The van der Waals surface area contributed by atoms with Gasteiger partial charge in [0.25, 0.3) is 0 Å². The van der Waals surface area contributed by atoms with Crippen LogP contribution in [0.5, 0.6) is 5.75 Å². The molecule has 0 fully saturated rings. The largest absolute Gasteiger partial charge is 0.508 e. The summed E-state index contributed by atoms with van der Waals surface area (Å²) in [6, 6.07) is 14.7. The van der Waals surface area contributed by atoms with Gasteiger partial charge in [-0.05, 0) is 30.7 Å². The van der Waals surface area contributed by atoms with Gasteiger partial charge in [0.15, 0.2) is 0 Å². The fraction of sp³-hybridized carbons (Fsp3) is 0.235. The second kappa shape index (κ2) is 7.84. The zero-order valence-electron chi connectivity index (χ0n) is 12.3. The average Bonchev–Trinajstić information content (AvgIpc) is 2.54. The van der Waals surface area contributed by atoms with E-state index in [0.29, 0.717) is 18.7 Å². The van der Waals surface area contributed by atoms with E-state index in [1.165, 1.54) is 0 Å². The molecule has 0 spiro atoms. The van der Waals surface area contributed by atoms with Crippen LogP contribution in [0.15, 0.2) is 53.0 Å². The average molecular weight is 364 g/mol. The third kappa shape index (κ3) is 4.49. The quantitative estimate of drug-likeness (QED) is 0.860. The zero-order chi connectivity index (χ0) is 15.9. The molecule has 0 heterocycles. The smallest absolute Gasteiger partial charge is 0.410 e. The number of amides is 1. The van der Waals surface area contributed by atoms with E-state index < -0.39 is 6.09 Å². The highest BCUT2D eigenvalue weighted by Crippen LogP contribution is 2.23. The van der Waals surface area contributed by atoms with E-state index in [4.69, 9.17) is 4.74 Å². The number of halogens is 1. The molecule has 0 atom stereocenters. The number of carbonyl (C=O) groups is 1. The maximum Gasteiger partial charge on any atom is 0.410 e. The molecule has 0 aliphatic heterocycles. The van der Waals surface area contributed by atoms with E-state index in [0.717, 1.165) is 10.0 Å². The van der Waals surface area contributed by atoms with Gasteiger partial charge in [0.1, 0.15) is 12.4 Å². The Labute approximate surface area is 138 Å². The topological polar surface area (TPSA) is 49.8 Å². The van der Waals surface area contributed by atoms with E-state index >= 15 is 0 Å². The van der Waals surface area contributed by atoms with Crippen molar-refractivity contribution in [1.82, 2.24) is 4.90 Å². The minimum absolute atomic E-state index is 0.164. The Bertz CT molecular complexity index is 631. The van der Waals surface area contributed by atoms with Gasteiger partial charge in [-0.1, -0.05) is 46.3 Å². The molecule has 0 saturated carbocycles. The number of hydrogen-bond acceptors (Lipinski definition) is 3. The summed E-state index contributed by atoms with van der Waals surface area (Å²) in [5, 5.41) is 9.87. The number of rotatable bonds is 5. The van der Waals surface area contributed by atoms with Crippen LogP contribution in [0.25, 0.3) is 0 Å².